The highest BCUT2D eigenvalue weighted by atomic mass is 79.9. The van der Waals surface area contributed by atoms with Crippen LogP contribution >= 0.6 is 15.9 Å². The van der Waals surface area contributed by atoms with E-state index in [1.165, 1.54) is 18.5 Å². The number of aromatic nitrogens is 2. The van der Waals surface area contributed by atoms with Gasteiger partial charge in [0.15, 0.2) is 0 Å². The largest absolute Gasteiger partial charge is 0.340 e. The molecule has 2 aromatic carbocycles. The lowest BCUT2D eigenvalue weighted by Crippen LogP contribution is -1.96. The number of hydrogen-bond donors (Lipinski definition) is 1. The molecule has 0 bridgehead atoms. The van der Waals surface area contributed by atoms with Gasteiger partial charge < -0.3 is 5.32 Å². The van der Waals surface area contributed by atoms with Gasteiger partial charge in [-0.05, 0) is 42.5 Å². The van der Waals surface area contributed by atoms with Gasteiger partial charge in [0.1, 0.15) is 18.0 Å². The highest BCUT2D eigenvalue weighted by Crippen LogP contribution is 2.25. The third kappa shape index (κ3) is 2.56. The van der Waals surface area contributed by atoms with Crippen LogP contribution in [0.2, 0.25) is 0 Å². The fourth-order valence-electron chi connectivity index (χ4n) is 1.80. The predicted octanol–water partition coefficient (Wildman–Crippen LogP) is 4.28. The van der Waals surface area contributed by atoms with Crippen molar-refractivity contribution in [1.29, 1.82) is 0 Å². The first-order valence-electron chi connectivity index (χ1n) is 5.65. The Hall–Kier alpha value is -2.01. The number of benzene rings is 2. The Balaban J connectivity index is 2.05. The summed E-state index contributed by atoms with van der Waals surface area (Å²) in [6.45, 7) is 0. The Bertz CT molecular complexity index is 728. The zero-order chi connectivity index (χ0) is 13.2. The van der Waals surface area contributed by atoms with Crippen LogP contribution < -0.4 is 5.32 Å². The highest BCUT2D eigenvalue weighted by Gasteiger charge is 2.04. The van der Waals surface area contributed by atoms with Crippen LogP contribution in [0.3, 0.4) is 0 Å². The second-order valence-corrected chi connectivity index (χ2v) is 4.93. The molecular weight excluding hydrogens is 309 g/mol. The summed E-state index contributed by atoms with van der Waals surface area (Å²) in [5, 5.41) is 4.07. The minimum Gasteiger partial charge on any atom is -0.340 e. The van der Waals surface area contributed by atoms with Crippen molar-refractivity contribution < 1.29 is 4.39 Å². The van der Waals surface area contributed by atoms with E-state index < -0.39 is 0 Å². The fraction of sp³-hybridized carbons (Fsp3) is 0. The first-order valence-corrected chi connectivity index (χ1v) is 6.44. The van der Waals surface area contributed by atoms with Crippen molar-refractivity contribution in [3.8, 4) is 0 Å². The van der Waals surface area contributed by atoms with E-state index in [1.807, 2.05) is 18.2 Å². The van der Waals surface area contributed by atoms with Crippen molar-refractivity contribution in [1.82, 2.24) is 9.97 Å². The molecule has 1 aromatic heterocycles. The molecule has 1 N–H and O–H groups in total. The lowest BCUT2D eigenvalue weighted by Gasteiger charge is -2.08. The summed E-state index contributed by atoms with van der Waals surface area (Å²) < 4.78 is 13.8. The van der Waals surface area contributed by atoms with E-state index in [0.29, 0.717) is 5.82 Å². The number of nitrogens with one attached hydrogen (secondary N) is 1. The average Bonchev–Trinajstić information content (AvgIpc) is 2.42. The summed E-state index contributed by atoms with van der Waals surface area (Å²) in [5.74, 6) is 0.429. The third-order valence-corrected chi connectivity index (χ3v) is 3.20. The minimum atomic E-state index is -0.263. The molecular formula is C14H9BrFN3. The second-order valence-electron chi connectivity index (χ2n) is 4.02. The summed E-state index contributed by atoms with van der Waals surface area (Å²) >= 11 is 3.43. The number of nitrogens with zero attached hydrogens (tertiary/aromatic N) is 2. The maximum atomic E-state index is 12.9. The minimum absolute atomic E-state index is 0.263. The van der Waals surface area contributed by atoms with Crippen molar-refractivity contribution in [3.63, 3.8) is 0 Å². The molecule has 0 radical (unpaired) electrons. The molecule has 3 rings (SSSR count). The summed E-state index contributed by atoms with van der Waals surface area (Å²) in [6.07, 6.45) is 1.50. The summed E-state index contributed by atoms with van der Waals surface area (Å²) in [6, 6.07) is 11.9. The highest BCUT2D eigenvalue weighted by molar-refractivity contribution is 9.10. The molecule has 0 aliphatic rings. The van der Waals surface area contributed by atoms with Gasteiger partial charge in [0.25, 0.3) is 0 Å². The van der Waals surface area contributed by atoms with Crippen LogP contribution in [0, 0.1) is 5.82 Å². The van der Waals surface area contributed by atoms with E-state index in [0.717, 1.165) is 21.1 Å². The molecule has 5 heteroatoms. The van der Waals surface area contributed by atoms with E-state index in [1.54, 1.807) is 12.1 Å². The number of hydrogen-bond acceptors (Lipinski definition) is 3. The van der Waals surface area contributed by atoms with Crippen molar-refractivity contribution in [2.24, 2.45) is 0 Å². The Morgan fingerprint density at radius 1 is 1.00 bits per heavy atom. The molecule has 1 heterocycles. The van der Waals surface area contributed by atoms with Gasteiger partial charge in [0.05, 0.1) is 5.52 Å². The van der Waals surface area contributed by atoms with Crippen LogP contribution in [0.25, 0.3) is 10.9 Å². The Kier molecular flexibility index (Phi) is 3.13. The Labute approximate surface area is 117 Å². The van der Waals surface area contributed by atoms with Crippen LogP contribution in [-0.4, -0.2) is 9.97 Å². The summed E-state index contributed by atoms with van der Waals surface area (Å²) in [7, 11) is 0. The number of fused-ring (bicyclic) bond motifs is 1. The average molecular weight is 318 g/mol. The molecule has 0 spiro atoms. The number of rotatable bonds is 2. The quantitative estimate of drug-likeness (QED) is 0.766. The van der Waals surface area contributed by atoms with Crippen molar-refractivity contribution in [2.45, 2.75) is 0 Å². The van der Waals surface area contributed by atoms with Crippen LogP contribution in [0.4, 0.5) is 15.9 Å². The molecule has 0 atom stereocenters. The lowest BCUT2D eigenvalue weighted by atomic mass is 10.2. The maximum Gasteiger partial charge on any atom is 0.141 e. The second kappa shape index (κ2) is 4.93. The van der Waals surface area contributed by atoms with E-state index in [-0.39, 0.29) is 5.82 Å². The van der Waals surface area contributed by atoms with E-state index in [4.69, 9.17) is 0 Å². The molecule has 3 nitrogen and oxygen atoms in total. The zero-order valence-corrected chi connectivity index (χ0v) is 11.4. The van der Waals surface area contributed by atoms with Crippen molar-refractivity contribution >= 4 is 38.3 Å². The molecule has 19 heavy (non-hydrogen) atoms. The van der Waals surface area contributed by atoms with Gasteiger partial charge in [-0.3, -0.25) is 0 Å². The number of halogens is 2. The molecule has 0 amide bonds. The molecule has 0 unspecified atom stereocenters. The van der Waals surface area contributed by atoms with Gasteiger partial charge in [-0.2, -0.15) is 0 Å². The Morgan fingerprint density at radius 3 is 2.58 bits per heavy atom. The van der Waals surface area contributed by atoms with Gasteiger partial charge in [0, 0.05) is 15.5 Å². The SMILES string of the molecule is Fc1ccc(Nc2ncnc3ccc(Br)cc23)cc1. The standard InChI is InChI=1S/C14H9BrFN3/c15-9-1-6-13-12(7-9)14(18-8-17-13)19-11-4-2-10(16)3-5-11/h1-8H,(H,17,18,19). The summed E-state index contributed by atoms with van der Waals surface area (Å²) in [5.41, 5.74) is 1.63. The van der Waals surface area contributed by atoms with Gasteiger partial charge in [-0.15, -0.1) is 0 Å². The molecule has 0 aliphatic heterocycles. The molecule has 94 valence electrons. The maximum absolute atomic E-state index is 12.9. The molecule has 0 fully saturated rings. The molecule has 0 aliphatic carbocycles. The van der Waals surface area contributed by atoms with Gasteiger partial charge in [-0.25, -0.2) is 14.4 Å². The fourth-order valence-corrected chi connectivity index (χ4v) is 2.16. The van der Waals surface area contributed by atoms with Crippen LogP contribution in [0.5, 0.6) is 0 Å². The van der Waals surface area contributed by atoms with Crippen LogP contribution in [0.15, 0.2) is 53.3 Å². The summed E-state index contributed by atoms with van der Waals surface area (Å²) in [4.78, 5) is 8.44. The van der Waals surface area contributed by atoms with Gasteiger partial charge >= 0.3 is 0 Å². The lowest BCUT2D eigenvalue weighted by molar-refractivity contribution is 0.628. The van der Waals surface area contributed by atoms with Crippen LogP contribution in [-0.2, 0) is 0 Å². The monoisotopic (exact) mass is 317 g/mol. The predicted molar refractivity (Wildman–Crippen MR) is 76.9 cm³/mol. The molecule has 0 saturated heterocycles. The van der Waals surface area contributed by atoms with Crippen LogP contribution in [0.1, 0.15) is 0 Å². The zero-order valence-electron chi connectivity index (χ0n) is 9.77. The van der Waals surface area contributed by atoms with E-state index in [9.17, 15) is 4.39 Å². The first-order chi connectivity index (χ1) is 9.22. The van der Waals surface area contributed by atoms with Gasteiger partial charge in [-0.1, -0.05) is 15.9 Å². The molecule has 0 saturated carbocycles. The topological polar surface area (TPSA) is 37.8 Å². The Morgan fingerprint density at radius 2 is 1.79 bits per heavy atom. The van der Waals surface area contributed by atoms with Gasteiger partial charge in [0.2, 0.25) is 0 Å². The normalized spacial score (nSPS) is 10.6. The first kappa shape index (κ1) is 12.0. The number of anilines is 2. The molecule has 3 aromatic rings. The third-order valence-electron chi connectivity index (χ3n) is 2.70. The van der Waals surface area contributed by atoms with Crippen molar-refractivity contribution in [3.05, 3.63) is 59.1 Å². The van der Waals surface area contributed by atoms with E-state index in [2.05, 4.69) is 31.2 Å². The van der Waals surface area contributed by atoms with Crippen molar-refractivity contribution in [2.75, 3.05) is 5.32 Å². The van der Waals surface area contributed by atoms with E-state index >= 15 is 0 Å². The smallest absolute Gasteiger partial charge is 0.141 e.